The number of benzene rings is 1. The van der Waals surface area contributed by atoms with Crippen LogP contribution < -0.4 is 0 Å². The molecule has 1 saturated heterocycles. The van der Waals surface area contributed by atoms with E-state index in [1.807, 2.05) is 0 Å². The lowest BCUT2D eigenvalue weighted by Crippen LogP contribution is -2.19. The fraction of sp³-hybridized carbons (Fsp3) is 0.500. The lowest BCUT2D eigenvalue weighted by Gasteiger charge is -2.18. The number of ether oxygens (including phenoxy) is 1. The average Bonchev–Trinajstić information content (AvgIpc) is 3.04. The van der Waals surface area contributed by atoms with Crippen molar-refractivity contribution in [1.82, 2.24) is 0 Å². The van der Waals surface area contributed by atoms with Crippen LogP contribution in [0.1, 0.15) is 56.4 Å². The summed E-state index contributed by atoms with van der Waals surface area (Å²) in [5, 5.41) is 0. The number of fused-ring (bicyclic) bond motifs is 3. The first-order chi connectivity index (χ1) is 8.04. The summed E-state index contributed by atoms with van der Waals surface area (Å²) in [6.07, 6.45) is 4.79. The molecule has 0 aromatic heterocycles. The van der Waals surface area contributed by atoms with Gasteiger partial charge in [0.25, 0.3) is 0 Å². The van der Waals surface area contributed by atoms with Crippen LogP contribution in [0.3, 0.4) is 0 Å². The van der Waals surface area contributed by atoms with Crippen LogP contribution in [0.15, 0.2) is 24.3 Å². The summed E-state index contributed by atoms with van der Waals surface area (Å²) in [6.45, 7) is 8.94. The molecular formula is C16H20O. The lowest BCUT2D eigenvalue weighted by molar-refractivity contribution is 0.282. The van der Waals surface area contributed by atoms with Crippen molar-refractivity contribution in [2.75, 3.05) is 0 Å². The summed E-state index contributed by atoms with van der Waals surface area (Å²) >= 11 is 0. The highest BCUT2D eigenvalue weighted by Gasteiger charge is 2.59. The normalized spacial score (nSPS) is 29.4. The van der Waals surface area contributed by atoms with Crippen LogP contribution >= 0.6 is 0 Å². The maximum atomic E-state index is 5.97. The molecule has 1 aromatic rings. The molecule has 0 amide bonds. The first-order valence-corrected chi connectivity index (χ1v) is 6.55. The SMILES string of the molecule is CC(C)c1ccc2c(c1)C=CC1(C(C)C)OC21. The van der Waals surface area contributed by atoms with Crippen molar-refractivity contribution in [3.63, 3.8) is 0 Å². The van der Waals surface area contributed by atoms with Crippen LogP contribution in [0.25, 0.3) is 6.08 Å². The van der Waals surface area contributed by atoms with Crippen LogP contribution in [0, 0.1) is 5.92 Å². The van der Waals surface area contributed by atoms with E-state index in [1.165, 1.54) is 16.7 Å². The molecule has 3 rings (SSSR count). The maximum absolute atomic E-state index is 5.97. The average molecular weight is 228 g/mol. The monoisotopic (exact) mass is 228 g/mol. The van der Waals surface area contributed by atoms with Gasteiger partial charge in [-0.05, 0) is 34.6 Å². The highest BCUT2D eigenvalue weighted by atomic mass is 16.6. The number of rotatable bonds is 2. The third-order valence-corrected chi connectivity index (χ3v) is 4.16. The van der Waals surface area contributed by atoms with Crippen molar-refractivity contribution >= 4 is 6.08 Å². The Morgan fingerprint density at radius 3 is 2.59 bits per heavy atom. The maximum Gasteiger partial charge on any atom is 0.120 e. The molecule has 2 aliphatic rings. The Labute approximate surface area is 103 Å². The van der Waals surface area contributed by atoms with Gasteiger partial charge in [-0.15, -0.1) is 0 Å². The highest BCUT2D eigenvalue weighted by molar-refractivity contribution is 5.63. The van der Waals surface area contributed by atoms with Gasteiger partial charge in [0.2, 0.25) is 0 Å². The summed E-state index contributed by atoms with van der Waals surface area (Å²) in [5.41, 5.74) is 4.11. The predicted octanol–water partition coefficient (Wildman–Crippen LogP) is 4.30. The largest absolute Gasteiger partial charge is 0.356 e. The topological polar surface area (TPSA) is 12.5 Å². The van der Waals surface area contributed by atoms with E-state index in [0.717, 1.165) is 0 Å². The second-order valence-electron chi connectivity index (χ2n) is 5.88. The van der Waals surface area contributed by atoms with Crippen molar-refractivity contribution in [2.24, 2.45) is 5.92 Å². The molecule has 1 nitrogen and oxygen atoms in total. The molecule has 1 aromatic carbocycles. The van der Waals surface area contributed by atoms with E-state index in [-0.39, 0.29) is 5.60 Å². The fourth-order valence-corrected chi connectivity index (χ4v) is 2.79. The van der Waals surface area contributed by atoms with Crippen molar-refractivity contribution < 1.29 is 4.74 Å². The van der Waals surface area contributed by atoms with Gasteiger partial charge in [-0.25, -0.2) is 0 Å². The molecule has 2 atom stereocenters. The second-order valence-corrected chi connectivity index (χ2v) is 5.88. The summed E-state index contributed by atoms with van der Waals surface area (Å²) in [6, 6.07) is 6.81. The molecule has 0 N–H and O–H groups in total. The van der Waals surface area contributed by atoms with Crippen molar-refractivity contribution in [1.29, 1.82) is 0 Å². The van der Waals surface area contributed by atoms with E-state index < -0.39 is 0 Å². The summed E-state index contributed by atoms with van der Waals surface area (Å²) in [5.74, 6) is 1.13. The molecule has 0 spiro atoms. The van der Waals surface area contributed by atoms with Gasteiger partial charge in [0, 0.05) is 0 Å². The van der Waals surface area contributed by atoms with Gasteiger partial charge >= 0.3 is 0 Å². The van der Waals surface area contributed by atoms with Gasteiger partial charge in [-0.2, -0.15) is 0 Å². The van der Waals surface area contributed by atoms with Gasteiger partial charge in [0.15, 0.2) is 0 Å². The van der Waals surface area contributed by atoms with Crippen LogP contribution in [-0.4, -0.2) is 5.60 Å². The van der Waals surface area contributed by atoms with E-state index in [2.05, 4.69) is 58.0 Å². The van der Waals surface area contributed by atoms with E-state index in [9.17, 15) is 0 Å². The zero-order chi connectivity index (χ0) is 12.2. The Morgan fingerprint density at radius 2 is 1.94 bits per heavy atom. The van der Waals surface area contributed by atoms with Crippen LogP contribution in [0.2, 0.25) is 0 Å². The molecule has 1 heterocycles. The Hall–Kier alpha value is -1.08. The lowest BCUT2D eigenvalue weighted by atomic mass is 9.82. The first-order valence-electron chi connectivity index (χ1n) is 6.55. The molecule has 1 fully saturated rings. The molecule has 1 aliphatic heterocycles. The molecule has 1 aliphatic carbocycles. The van der Waals surface area contributed by atoms with E-state index >= 15 is 0 Å². The van der Waals surface area contributed by atoms with Gasteiger partial charge < -0.3 is 4.74 Å². The van der Waals surface area contributed by atoms with Crippen molar-refractivity contribution in [2.45, 2.75) is 45.3 Å². The van der Waals surface area contributed by atoms with Crippen LogP contribution in [0.4, 0.5) is 0 Å². The van der Waals surface area contributed by atoms with Gasteiger partial charge in [-0.3, -0.25) is 0 Å². The second kappa shape index (κ2) is 3.46. The highest BCUT2D eigenvalue weighted by Crippen LogP contribution is 2.58. The van der Waals surface area contributed by atoms with Crippen LogP contribution in [-0.2, 0) is 4.74 Å². The molecule has 90 valence electrons. The van der Waals surface area contributed by atoms with Gasteiger partial charge in [-0.1, -0.05) is 52.0 Å². The third kappa shape index (κ3) is 1.49. The zero-order valence-corrected chi connectivity index (χ0v) is 11.0. The minimum absolute atomic E-state index is 0.00759. The molecular weight excluding hydrogens is 208 g/mol. The smallest absolute Gasteiger partial charge is 0.120 e. The van der Waals surface area contributed by atoms with E-state index in [0.29, 0.717) is 17.9 Å². The molecule has 1 heteroatoms. The number of hydrogen-bond acceptors (Lipinski definition) is 1. The van der Waals surface area contributed by atoms with E-state index in [1.54, 1.807) is 0 Å². The van der Waals surface area contributed by atoms with Crippen LogP contribution in [0.5, 0.6) is 0 Å². The molecule has 0 radical (unpaired) electrons. The standard InChI is InChI=1S/C16H20O/c1-10(2)12-5-6-14-13(9-12)7-8-16(11(3)4)15(14)17-16/h5-11,15H,1-4H3. The third-order valence-electron chi connectivity index (χ3n) is 4.16. The minimum atomic E-state index is -0.00759. The summed E-state index contributed by atoms with van der Waals surface area (Å²) in [4.78, 5) is 0. The summed E-state index contributed by atoms with van der Waals surface area (Å²) < 4.78 is 5.97. The predicted molar refractivity (Wildman–Crippen MR) is 71.0 cm³/mol. The fourth-order valence-electron chi connectivity index (χ4n) is 2.79. The molecule has 17 heavy (non-hydrogen) atoms. The zero-order valence-electron chi connectivity index (χ0n) is 11.0. The Bertz CT molecular complexity index is 484. The van der Waals surface area contributed by atoms with Gasteiger partial charge in [0.1, 0.15) is 11.7 Å². The quantitative estimate of drug-likeness (QED) is 0.687. The Kier molecular flexibility index (Phi) is 2.24. The molecule has 2 unspecified atom stereocenters. The van der Waals surface area contributed by atoms with Gasteiger partial charge in [0.05, 0.1) is 0 Å². The minimum Gasteiger partial charge on any atom is -0.356 e. The summed E-state index contributed by atoms with van der Waals surface area (Å²) in [7, 11) is 0. The first kappa shape index (κ1) is 11.0. The Balaban J connectivity index is 2.01. The number of hydrogen-bond donors (Lipinski definition) is 0. The van der Waals surface area contributed by atoms with E-state index in [4.69, 9.17) is 4.74 Å². The Morgan fingerprint density at radius 1 is 1.18 bits per heavy atom. The number of epoxide rings is 1. The van der Waals surface area contributed by atoms with Crippen molar-refractivity contribution in [3.8, 4) is 0 Å². The molecule has 0 bridgehead atoms. The molecule has 0 saturated carbocycles. The van der Waals surface area contributed by atoms with Crippen molar-refractivity contribution in [3.05, 3.63) is 41.0 Å².